The Morgan fingerprint density at radius 1 is 1.06 bits per heavy atom. The molecule has 1 heterocycles. The first-order chi connectivity index (χ1) is 8.70. The quantitative estimate of drug-likeness (QED) is 0.826. The molecule has 0 spiro atoms. The number of likely N-dealkylation sites (tertiary alicyclic amines) is 1. The maximum Gasteiger partial charge on any atom is 0.0110 e. The van der Waals surface area contributed by atoms with E-state index in [2.05, 4.69) is 31.1 Å². The van der Waals surface area contributed by atoms with E-state index in [0.29, 0.717) is 0 Å². The van der Waals surface area contributed by atoms with E-state index >= 15 is 0 Å². The van der Waals surface area contributed by atoms with Crippen molar-refractivity contribution in [2.24, 2.45) is 11.8 Å². The predicted molar refractivity (Wildman–Crippen MR) is 78.9 cm³/mol. The highest BCUT2D eigenvalue weighted by Crippen LogP contribution is 2.34. The zero-order valence-corrected chi connectivity index (χ0v) is 12.6. The van der Waals surface area contributed by atoms with Crippen molar-refractivity contribution in [3.05, 3.63) is 0 Å². The summed E-state index contributed by atoms with van der Waals surface area (Å²) < 4.78 is 0. The van der Waals surface area contributed by atoms with Gasteiger partial charge in [-0.25, -0.2) is 0 Å². The van der Waals surface area contributed by atoms with E-state index in [1.807, 2.05) is 0 Å². The smallest absolute Gasteiger partial charge is 0.0110 e. The Kier molecular flexibility index (Phi) is 5.50. The van der Waals surface area contributed by atoms with Crippen LogP contribution in [0.15, 0.2) is 0 Å². The maximum atomic E-state index is 3.33. The van der Waals surface area contributed by atoms with Crippen molar-refractivity contribution in [2.75, 3.05) is 20.1 Å². The molecular weight excluding hydrogens is 220 g/mol. The molecular formula is C16H32N2. The molecule has 1 N–H and O–H groups in total. The van der Waals surface area contributed by atoms with Crippen LogP contribution >= 0.6 is 0 Å². The number of hydrogen-bond donors (Lipinski definition) is 1. The minimum atomic E-state index is 0.855. The topological polar surface area (TPSA) is 15.3 Å². The average molecular weight is 252 g/mol. The third-order valence-electron chi connectivity index (χ3n) is 5.02. The number of nitrogens with one attached hydrogen (secondary N) is 1. The van der Waals surface area contributed by atoms with Crippen molar-refractivity contribution in [1.82, 2.24) is 10.2 Å². The summed E-state index contributed by atoms with van der Waals surface area (Å²) in [6.45, 7) is 7.45. The number of hydrogen-bond acceptors (Lipinski definition) is 2. The molecule has 0 aromatic carbocycles. The van der Waals surface area contributed by atoms with Crippen LogP contribution in [0.5, 0.6) is 0 Å². The summed E-state index contributed by atoms with van der Waals surface area (Å²) in [4.78, 5) is 2.88. The van der Waals surface area contributed by atoms with Crippen LogP contribution in [0.3, 0.4) is 0 Å². The van der Waals surface area contributed by atoms with Gasteiger partial charge in [-0.1, -0.05) is 20.3 Å². The third kappa shape index (κ3) is 3.71. The molecule has 106 valence electrons. The molecule has 3 unspecified atom stereocenters. The summed E-state index contributed by atoms with van der Waals surface area (Å²) in [7, 11) is 2.08. The first-order valence-corrected chi connectivity index (χ1v) is 8.11. The Bertz CT molecular complexity index is 231. The molecule has 1 aliphatic heterocycles. The second-order valence-electron chi connectivity index (χ2n) is 6.85. The maximum absolute atomic E-state index is 3.33. The highest BCUT2D eigenvalue weighted by Gasteiger charge is 2.33. The van der Waals surface area contributed by atoms with E-state index in [-0.39, 0.29) is 0 Å². The molecule has 2 fully saturated rings. The fourth-order valence-electron chi connectivity index (χ4n) is 4.30. The lowest BCUT2D eigenvalue weighted by Gasteiger charge is -2.45. The molecule has 0 radical (unpaired) electrons. The van der Waals surface area contributed by atoms with Gasteiger partial charge in [0.2, 0.25) is 0 Å². The second-order valence-corrected chi connectivity index (χ2v) is 6.85. The monoisotopic (exact) mass is 252 g/mol. The summed E-state index contributed by atoms with van der Waals surface area (Å²) in [5.74, 6) is 1.87. The standard InChI is InChI=1S/C16H32N2/c1-13-10-14(2)12-16(11-13)18-9-5-4-6-15(18)7-8-17-3/h13-17H,4-12H2,1-3H3. The van der Waals surface area contributed by atoms with Crippen molar-refractivity contribution in [1.29, 1.82) is 0 Å². The van der Waals surface area contributed by atoms with Gasteiger partial charge < -0.3 is 5.32 Å². The normalized spacial score (nSPS) is 38.8. The Morgan fingerprint density at radius 3 is 2.44 bits per heavy atom. The van der Waals surface area contributed by atoms with Crippen molar-refractivity contribution in [3.8, 4) is 0 Å². The zero-order valence-electron chi connectivity index (χ0n) is 12.6. The first kappa shape index (κ1) is 14.3. The minimum absolute atomic E-state index is 0.855. The van der Waals surface area contributed by atoms with Crippen LogP contribution < -0.4 is 5.32 Å². The lowest BCUT2D eigenvalue weighted by Crippen LogP contribution is -2.49. The lowest BCUT2D eigenvalue weighted by molar-refractivity contribution is 0.0433. The Morgan fingerprint density at radius 2 is 1.78 bits per heavy atom. The van der Waals surface area contributed by atoms with Gasteiger partial charge in [0, 0.05) is 12.1 Å². The molecule has 0 amide bonds. The van der Waals surface area contributed by atoms with Crippen LogP contribution in [0.4, 0.5) is 0 Å². The van der Waals surface area contributed by atoms with E-state index < -0.39 is 0 Å². The van der Waals surface area contributed by atoms with Crippen LogP contribution in [0.1, 0.15) is 58.8 Å². The largest absolute Gasteiger partial charge is 0.320 e. The highest BCUT2D eigenvalue weighted by atomic mass is 15.2. The first-order valence-electron chi connectivity index (χ1n) is 8.11. The predicted octanol–water partition coefficient (Wildman–Crippen LogP) is 3.28. The highest BCUT2D eigenvalue weighted by molar-refractivity contribution is 4.88. The molecule has 0 aromatic rings. The molecule has 1 aliphatic carbocycles. The van der Waals surface area contributed by atoms with Gasteiger partial charge in [-0.3, -0.25) is 4.90 Å². The lowest BCUT2D eigenvalue weighted by atomic mass is 9.78. The van der Waals surface area contributed by atoms with E-state index in [4.69, 9.17) is 0 Å². The van der Waals surface area contributed by atoms with Gasteiger partial charge in [-0.2, -0.15) is 0 Å². The summed E-state index contributed by atoms with van der Waals surface area (Å²) in [6.07, 6.45) is 9.99. The van der Waals surface area contributed by atoms with E-state index in [0.717, 1.165) is 23.9 Å². The Hall–Kier alpha value is -0.0800. The van der Waals surface area contributed by atoms with E-state index in [1.54, 1.807) is 0 Å². The van der Waals surface area contributed by atoms with Crippen LogP contribution in [0, 0.1) is 11.8 Å². The van der Waals surface area contributed by atoms with Gasteiger partial charge in [0.1, 0.15) is 0 Å². The van der Waals surface area contributed by atoms with Crippen molar-refractivity contribution < 1.29 is 0 Å². The zero-order chi connectivity index (χ0) is 13.0. The molecule has 2 rings (SSSR count). The van der Waals surface area contributed by atoms with Gasteiger partial charge >= 0.3 is 0 Å². The molecule has 3 atom stereocenters. The van der Waals surface area contributed by atoms with Gasteiger partial charge in [-0.15, -0.1) is 0 Å². The Labute approximate surface area is 114 Å². The Balaban J connectivity index is 1.94. The molecule has 1 saturated carbocycles. The summed E-state index contributed by atoms with van der Waals surface area (Å²) in [5.41, 5.74) is 0. The van der Waals surface area contributed by atoms with Gasteiger partial charge in [-0.05, 0) is 70.5 Å². The molecule has 2 nitrogen and oxygen atoms in total. The van der Waals surface area contributed by atoms with Crippen molar-refractivity contribution in [3.63, 3.8) is 0 Å². The summed E-state index contributed by atoms with van der Waals surface area (Å²) >= 11 is 0. The second kappa shape index (κ2) is 6.91. The number of nitrogens with zero attached hydrogens (tertiary/aromatic N) is 1. The van der Waals surface area contributed by atoms with Gasteiger partial charge in [0.05, 0.1) is 0 Å². The van der Waals surface area contributed by atoms with Crippen LogP contribution in [0.25, 0.3) is 0 Å². The fourth-order valence-corrected chi connectivity index (χ4v) is 4.30. The van der Waals surface area contributed by atoms with Crippen molar-refractivity contribution >= 4 is 0 Å². The molecule has 0 aromatic heterocycles. The number of piperidine rings is 1. The fraction of sp³-hybridized carbons (Fsp3) is 1.00. The molecule has 2 heteroatoms. The molecule has 2 aliphatic rings. The van der Waals surface area contributed by atoms with E-state index in [9.17, 15) is 0 Å². The molecule has 0 bridgehead atoms. The average Bonchev–Trinajstić information content (AvgIpc) is 2.35. The summed E-state index contributed by atoms with van der Waals surface area (Å²) in [6, 6.07) is 1.74. The van der Waals surface area contributed by atoms with Crippen molar-refractivity contribution in [2.45, 2.75) is 70.9 Å². The van der Waals surface area contributed by atoms with E-state index in [1.165, 1.54) is 58.0 Å². The molecule has 18 heavy (non-hydrogen) atoms. The van der Waals surface area contributed by atoms with Crippen LogP contribution in [-0.4, -0.2) is 37.1 Å². The van der Waals surface area contributed by atoms with Crippen LogP contribution in [0.2, 0.25) is 0 Å². The minimum Gasteiger partial charge on any atom is -0.320 e. The van der Waals surface area contributed by atoms with Crippen LogP contribution in [-0.2, 0) is 0 Å². The molecule has 1 saturated heterocycles. The van der Waals surface area contributed by atoms with Gasteiger partial charge in [0.15, 0.2) is 0 Å². The third-order valence-corrected chi connectivity index (χ3v) is 5.02. The summed E-state index contributed by atoms with van der Waals surface area (Å²) in [5, 5.41) is 3.33. The number of rotatable bonds is 4. The van der Waals surface area contributed by atoms with Gasteiger partial charge in [0.25, 0.3) is 0 Å². The SMILES string of the molecule is CNCCC1CCCCN1C1CC(C)CC(C)C1.